The van der Waals surface area contributed by atoms with Crippen molar-refractivity contribution in [3.8, 4) is 0 Å². The van der Waals surface area contributed by atoms with Gasteiger partial charge < -0.3 is 10.2 Å². The first-order valence-corrected chi connectivity index (χ1v) is 14.1. The SMILES string of the molecule is O=C(C(c1ccccc1)c1ccccc1)N1CCC2(CC1)NC(=O)C(Cc1ccccc1)(Cc1ccccc1)N2. The fourth-order valence-electron chi connectivity index (χ4n) is 6.39. The minimum atomic E-state index is -0.758. The Labute approximate surface area is 236 Å². The van der Waals surface area contributed by atoms with Crippen LogP contribution in [0.25, 0.3) is 0 Å². The molecule has 202 valence electrons. The van der Waals surface area contributed by atoms with E-state index < -0.39 is 11.2 Å². The zero-order valence-electron chi connectivity index (χ0n) is 22.6. The second-order valence-electron chi connectivity index (χ2n) is 11.1. The zero-order chi connectivity index (χ0) is 27.4. The topological polar surface area (TPSA) is 61.4 Å². The van der Waals surface area contributed by atoms with Crippen LogP contribution in [0.15, 0.2) is 121 Å². The number of rotatable bonds is 7. The van der Waals surface area contributed by atoms with Gasteiger partial charge in [-0.25, -0.2) is 0 Å². The van der Waals surface area contributed by atoms with E-state index in [-0.39, 0.29) is 17.7 Å². The summed E-state index contributed by atoms with van der Waals surface area (Å²) in [7, 11) is 0. The van der Waals surface area contributed by atoms with E-state index in [4.69, 9.17) is 0 Å². The lowest BCUT2D eigenvalue weighted by Crippen LogP contribution is -2.61. The molecule has 2 fully saturated rings. The second kappa shape index (κ2) is 11.1. The van der Waals surface area contributed by atoms with Gasteiger partial charge >= 0.3 is 0 Å². The van der Waals surface area contributed by atoms with E-state index in [9.17, 15) is 9.59 Å². The van der Waals surface area contributed by atoms with Gasteiger partial charge in [0.2, 0.25) is 11.8 Å². The number of benzene rings is 4. The molecule has 2 aliphatic heterocycles. The minimum Gasteiger partial charge on any atom is -0.342 e. The van der Waals surface area contributed by atoms with Crippen LogP contribution in [0.1, 0.15) is 41.0 Å². The lowest BCUT2D eigenvalue weighted by molar-refractivity contribution is -0.133. The molecule has 2 amide bonds. The number of hydrogen-bond acceptors (Lipinski definition) is 3. The van der Waals surface area contributed by atoms with Crippen LogP contribution in [-0.4, -0.2) is 41.0 Å². The highest BCUT2D eigenvalue weighted by Crippen LogP contribution is 2.35. The molecule has 5 nitrogen and oxygen atoms in total. The van der Waals surface area contributed by atoms with Crippen LogP contribution in [0.4, 0.5) is 0 Å². The lowest BCUT2D eigenvalue weighted by atomic mass is 9.84. The fraction of sp³-hybridized carbons (Fsp3) is 0.257. The summed E-state index contributed by atoms with van der Waals surface area (Å²) < 4.78 is 0. The molecule has 2 N–H and O–H groups in total. The first-order chi connectivity index (χ1) is 19.6. The molecule has 0 aliphatic carbocycles. The maximum absolute atomic E-state index is 14.0. The van der Waals surface area contributed by atoms with Gasteiger partial charge in [-0.15, -0.1) is 0 Å². The third-order valence-corrected chi connectivity index (χ3v) is 8.40. The Balaban J connectivity index is 1.23. The summed E-state index contributed by atoms with van der Waals surface area (Å²) in [6.07, 6.45) is 2.52. The summed E-state index contributed by atoms with van der Waals surface area (Å²) in [6, 6.07) is 40.5. The zero-order valence-corrected chi connectivity index (χ0v) is 22.6. The van der Waals surface area contributed by atoms with Gasteiger partial charge in [0, 0.05) is 25.9 Å². The Hall–Kier alpha value is -4.22. The van der Waals surface area contributed by atoms with Gasteiger partial charge in [0.25, 0.3) is 0 Å². The van der Waals surface area contributed by atoms with Crippen molar-refractivity contribution < 1.29 is 9.59 Å². The average Bonchev–Trinajstić information content (AvgIpc) is 3.25. The predicted octanol–water partition coefficient (Wildman–Crippen LogP) is 5.08. The number of amides is 2. The second-order valence-corrected chi connectivity index (χ2v) is 11.1. The van der Waals surface area contributed by atoms with Gasteiger partial charge in [-0.1, -0.05) is 121 Å². The van der Waals surface area contributed by atoms with Crippen LogP contribution in [0, 0.1) is 0 Å². The summed E-state index contributed by atoms with van der Waals surface area (Å²) in [4.78, 5) is 29.8. The van der Waals surface area contributed by atoms with Gasteiger partial charge in [0.1, 0.15) is 5.54 Å². The molecule has 0 bridgehead atoms. The molecule has 0 saturated carbocycles. The first kappa shape index (κ1) is 26.0. The highest BCUT2D eigenvalue weighted by molar-refractivity contribution is 5.91. The molecule has 2 aliphatic rings. The molecule has 40 heavy (non-hydrogen) atoms. The maximum Gasteiger partial charge on any atom is 0.242 e. The van der Waals surface area contributed by atoms with Crippen molar-refractivity contribution in [1.29, 1.82) is 0 Å². The van der Waals surface area contributed by atoms with Crippen molar-refractivity contribution >= 4 is 11.8 Å². The molecule has 0 atom stereocenters. The van der Waals surface area contributed by atoms with E-state index in [1.165, 1.54) is 0 Å². The third-order valence-electron chi connectivity index (χ3n) is 8.40. The summed E-state index contributed by atoms with van der Waals surface area (Å²) in [5.74, 6) is -0.208. The molecular weight excluding hydrogens is 494 g/mol. The van der Waals surface area contributed by atoms with Crippen LogP contribution in [0.5, 0.6) is 0 Å². The van der Waals surface area contributed by atoms with Gasteiger partial charge in [0.15, 0.2) is 0 Å². The van der Waals surface area contributed by atoms with Gasteiger partial charge in [-0.2, -0.15) is 0 Å². The quantitative estimate of drug-likeness (QED) is 0.351. The average molecular weight is 530 g/mol. The Bertz CT molecular complexity index is 1350. The Morgan fingerprint density at radius 2 is 1.10 bits per heavy atom. The largest absolute Gasteiger partial charge is 0.342 e. The molecule has 4 aromatic carbocycles. The maximum atomic E-state index is 14.0. The summed E-state index contributed by atoms with van der Waals surface area (Å²) in [6.45, 7) is 1.16. The standard InChI is InChI=1S/C35H35N3O2/c39-32(31(29-17-9-3-10-18-29)30-19-11-4-12-20-30)38-23-21-35(22-24-38)36-33(40)34(37-35,25-27-13-5-1-6-14-27)26-28-15-7-2-8-16-28/h1-20,31,37H,21-26H2,(H,36,40). The van der Waals surface area contributed by atoms with Crippen molar-refractivity contribution in [1.82, 2.24) is 15.5 Å². The number of nitrogens with zero attached hydrogens (tertiary/aromatic N) is 1. The van der Waals surface area contributed by atoms with Crippen molar-refractivity contribution in [3.63, 3.8) is 0 Å². The summed E-state index contributed by atoms with van der Waals surface area (Å²) >= 11 is 0. The number of piperidine rings is 1. The Morgan fingerprint density at radius 1 is 0.675 bits per heavy atom. The Kier molecular flexibility index (Phi) is 7.23. The molecule has 4 aromatic rings. The molecule has 5 heteroatoms. The summed E-state index contributed by atoms with van der Waals surface area (Å²) in [5.41, 5.74) is 2.95. The Morgan fingerprint density at radius 3 is 1.55 bits per heavy atom. The predicted molar refractivity (Wildman–Crippen MR) is 158 cm³/mol. The monoisotopic (exact) mass is 529 g/mol. The molecular formula is C35H35N3O2. The molecule has 2 heterocycles. The third kappa shape index (κ3) is 5.30. The van der Waals surface area contributed by atoms with Gasteiger partial charge in [0.05, 0.1) is 11.6 Å². The van der Waals surface area contributed by atoms with E-state index in [1.54, 1.807) is 0 Å². The van der Waals surface area contributed by atoms with Crippen molar-refractivity contribution in [2.24, 2.45) is 0 Å². The van der Waals surface area contributed by atoms with Crippen molar-refractivity contribution in [2.45, 2.75) is 42.8 Å². The van der Waals surface area contributed by atoms with Gasteiger partial charge in [-0.05, 0) is 35.1 Å². The van der Waals surface area contributed by atoms with E-state index in [0.29, 0.717) is 38.8 Å². The summed E-state index contributed by atoms with van der Waals surface area (Å²) in [5, 5.41) is 7.18. The molecule has 0 radical (unpaired) electrons. The molecule has 0 unspecified atom stereocenters. The van der Waals surface area contributed by atoms with Crippen LogP contribution in [0.2, 0.25) is 0 Å². The number of likely N-dealkylation sites (tertiary alicyclic amines) is 1. The highest BCUT2D eigenvalue weighted by Gasteiger charge is 2.54. The number of nitrogens with one attached hydrogen (secondary N) is 2. The number of carbonyl (C=O) groups excluding carboxylic acids is 2. The van der Waals surface area contributed by atoms with Crippen LogP contribution in [0.3, 0.4) is 0 Å². The molecule has 1 spiro atoms. The van der Waals surface area contributed by atoms with Crippen LogP contribution >= 0.6 is 0 Å². The first-order valence-electron chi connectivity index (χ1n) is 14.1. The minimum absolute atomic E-state index is 0.0337. The smallest absolute Gasteiger partial charge is 0.242 e. The van der Waals surface area contributed by atoms with Crippen molar-refractivity contribution in [3.05, 3.63) is 144 Å². The van der Waals surface area contributed by atoms with E-state index in [0.717, 1.165) is 22.3 Å². The number of carbonyl (C=O) groups is 2. The van der Waals surface area contributed by atoms with Crippen molar-refractivity contribution in [2.75, 3.05) is 13.1 Å². The van der Waals surface area contributed by atoms with E-state index in [1.807, 2.05) is 102 Å². The fourth-order valence-corrected chi connectivity index (χ4v) is 6.39. The van der Waals surface area contributed by atoms with Crippen LogP contribution in [-0.2, 0) is 22.4 Å². The number of hydrogen-bond donors (Lipinski definition) is 2. The molecule has 6 rings (SSSR count). The molecule has 0 aromatic heterocycles. The van der Waals surface area contributed by atoms with E-state index >= 15 is 0 Å². The normalized spacial score (nSPS) is 17.6. The molecule has 2 saturated heterocycles. The van der Waals surface area contributed by atoms with Gasteiger partial charge in [-0.3, -0.25) is 14.9 Å². The van der Waals surface area contributed by atoms with Crippen LogP contribution < -0.4 is 10.6 Å². The highest BCUT2D eigenvalue weighted by atomic mass is 16.2. The van der Waals surface area contributed by atoms with E-state index in [2.05, 4.69) is 34.9 Å². The lowest BCUT2D eigenvalue weighted by Gasteiger charge is -2.42.